The van der Waals surface area contributed by atoms with Crippen LogP contribution in [0.1, 0.15) is 17.3 Å². The van der Waals surface area contributed by atoms with Gasteiger partial charge in [-0.25, -0.2) is 0 Å². The van der Waals surface area contributed by atoms with Gasteiger partial charge in [-0.05, 0) is 6.92 Å². The summed E-state index contributed by atoms with van der Waals surface area (Å²) in [5.41, 5.74) is 0.0544. The molecule has 0 saturated heterocycles. The summed E-state index contributed by atoms with van der Waals surface area (Å²) < 4.78 is 15.0. The van der Waals surface area contributed by atoms with Gasteiger partial charge in [0.15, 0.2) is 28.8 Å². The van der Waals surface area contributed by atoms with Crippen LogP contribution in [-0.2, 0) is 0 Å². The fourth-order valence-corrected chi connectivity index (χ4v) is 1.44. The Morgan fingerprint density at radius 1 is 1.12 bits per heavy atom. The number of benzene rings is 1. The van der Waals surface area contributed by atoms with Gasteiger partial charge in [0.05, 0.1) is 21.3 Å². The number of methoxy groups -OCH3 is 3. The molecule has 0 radical (unpaired) electrons. The van der Waals surface area contributed by atoms with Gasteiger partial charge in [0.25, 0.3) is 0 Å². The maximum absolute atomic E-state index is 11.4. The lowest BCUT2D eigenvalue weighted by Crippen LogP contribution is -2.02. The predicted octanol–water partition coefficient (Wildman–Crippen LogP) is 1.62. The molecule has 0 aliphatic rings. The molecule has 0 fully saturated rings. The van der Waals surface area contributed by atoms with E-state index in [1.807, 2.05) is 0 Å². The number of ketones is 1. The van der Waals surface area contributed by atoms with Crippen molar-refractivity contribution in [3.63, 3.8) is 0 Å². The second-order valence-electron chi connectivity index (χ2n) is 3.09. The standard InChI is InChI=1S/C11H14O5/c1-6(12)9-10(13)7(14-2)5-8(15-3)11(9)16-4/h5,13H,1-4H3. The van der Waals surface area contributed by atoms with Crippen LogP contribution in [0.15, 0.2) is 6.07 Å². The number of carbonyl (C=O) groups excluding carboxylic acids is 1. The quantitative estimate of drug-likeness (QED) is 0.790. The van der Waals surface area contributed by atoms with Gasteiger partial charge in [0, 0.05) is 6.07 Å². The summed E-state index contributed by atoms with van der Waals surface area (Å²) in [6, 6.07) is 1.46. The van der Waals surface area contributed by atoms with Crippen molar-refractivity contribution in [1.29, 1.82) is 0 Å². The van der Waals surface area contributed by atoms with E-state index in [4.69, 9.17) is 14.2 Å². The molecule has 0 saturated carbocycles. The zero-order valence-electron chi connectivity index (χ0n) is 9.66. The molecule has 5 nitrogen and oxygen atoms in total. The summed E-state index contributed by atoms with van der Waals surface area (Å²) in [6.07, 6.45) is 0. The molecule has 0 bridgehead atoms. The summed E-state index contributed by atoms with van der Waals surface area (Å²) in [7, 11) is 4.24. The lowest BCUT2D eigenvalue weighted by molar-refractivity contribution is 0.101. The molecular weight excluding hydrogens is 212 g/mol. The van der Waals surface area contributed by atoms with Crippen LogP contribution in [-0.4, -0.2) is 32.2 Å². The average molecular weight is 226 g/mol. The summed E-state index contributed by atoms with van der Waals surface area (Å²) in [4.78, 5) is 11.4. The van der Waals surface area contributed by atoms with Crippen molar-refractivity contribution in [2.24, 2.45) is 0 Å². The first-order chi connectivity index (χ1) is 7.56. The van der Waals surface area contributed by atoms with E-state index in [1.165, 1.54) is 34.3 Å². The highest BCUT2D eigenvalue weighted by Crippen LogP contribution is 2.43. The Kier molecular flexibility index (Phi) is 3.60. The fraction of sp³-hybridized carbons (Fsp3) is 0.364. The molecule has 0 spiro atoms. The number of hydrogen-bond acceptors (Lipinski definition) is 5. The van der Waals surface area contributed by atoms with Crippen molar-refractivity contribution < 1.29 is 24.1 Å². The molecule has 16 heavy (non-hydrogen) atoms. The van der Waals surface area contributed by atoms with Gasteiger partial charge in [-0.2, -0.15) is 0 Å². The topological polar surface area (TPSA) is 65.0 Å². The Morgan fingerprint density at radius 2 is 1.69 bits per heavy atom. The zero-order chi connectivity index (χ0) is 12.3. The smallest absolute Gasteiger partial charge is 0.175 e. The minimum Gasteiger partial charge on any atom is -0.504 e. The molecule has 0 amide bonds. The molecule has 1 aromatic rings. The SMILES string of the molecule is COc1cc(OC)c(OC)c(C(C)=O)c1O. The number of phenolic OH excluding ortho intramolecular Hbond substituents is 1. The minimum absolute atomic E-state index is 0.0544. The Balaban J connectivity index is 3.57. The van der Waals surface area contributed by atoms with Crippen LogP contribution >= 0.6 is 0 Å². The van der Waals surface area contributed by atoms with Gasteiger partial charge in [0.2, 0.25) is 0 Å². The molecule has 0 heterocycles. The van der Waals surface area contributed by atoms with Crippen molar-refractivity contribution in [2.75, 3.05) is 21.3 Å². The van der Waals surface area contributed by atoms with Crippen LogP contribution < -0.4 is 14.2 Å². The van der Waals surface area contributed by atoms with Gasteiger partial charge in [-0.15, -0.1) is 0 Å². The Bertz CT molecular complexity index is 411. The maximum atomic E-state index is 11.4. The summed E-state index contributed by atoms with van der Waals surface area (Å²) in [5.74, 6) is 0.137. The molecule has 0 aliphatic carbocycles. The third-order valence-electron chi connectivity index (χ3n) is 2.18. The highest BCUT2D eigenvalue weighted by atomic mass is 16.5. The van der Waals surface area contributed by atoms with Crippen molar-refractivity contribution in [3.8, 4) is 23.0 Å². The molecule has 0 unspecified atom stereocenters. The Hall–Kier alpha value is -1.91. The molecular formula is C11H14O5. The average Bonchev–Trinajstić information content (AvgIpc) is 2.27. The van der Waals surface area contributed by atoms with Gasteiger partial charge in [0.1, 0.15) is 5.56 Å². The van der Waals surface area contributed by atoms with Crippen molar-refractivity contribution in [1.82, 2.24) is 0 Å². The van der Waals surface area contributed by atoms with E-state index in [2.05, 4.69) is 0 Å². The molecule has 0 atom stereocenters. The third kappa shape index (κ3) is 1.88. The predicted molar refractivity (Wildman–Crippen MR) is 57.8 cm³/mol. The third-order valence-corrected chi connectivity index (χ3v) is 2.18. The lowest BCUT2D eigenvalue weighted by Gasteiger charge is -2.15. The van der Waals surface area contributed by atoms with E-state index >= 15 is 0 Å². The van der Waals surface area contributed by atoms with Crippen molar-refractivity contribution in [3.05, 3.63) is 11.6 Å². The summed E-state index contributed by atoms with van der Waals surface area (Å²) in [5, 5.41) is 9.81. The number of Topliss-reactive ketones (excluding diaryl/α,β-unsaturated/α-hetero) is 1. The molecule has 5 heteroatoms. The molecule has 0 aromatic heterocycles. The zero-order valence-corrected chi connectivity index (χ0v) is 9.66. The fourth-order valence-electron chi connectivity index (χ4n) is 1.44. The number of phenols is 1. The molecule has 1 N–H and O–H groups in total. The Morgan fingerprint density at radius 3 is 2.06 bits per heavy atom. The number of rotatable bonds is 4. The molecule has 88 valence electrons. The van der Waals surface area contributed by atoms with E-state index < -0.39 is 0 Å². The number of carbonyl (C=O) groups is 1. The molecule has 0 aliphatic heterocycles. The van der Waals surface area contributed by atoms with Crippen molar-refractivity contribution in [2.45, 2.75) is 6.92 Å². The highest BCUT2D eigenvalue weighted by Gasteiger charge is 2.22. The van der Waals surface area contributed by atoms with E-state index in [0.29, 0.717) is 5.75 Å². The first-order valence-corrected chi connectivity index (χ1v) is 4.59. The van der Waals surface area contributed by atoms with E-state index in [1.54, 1.807) is 0 Å². The summed E-state index contributed by atoms with van der Waals surface area (Å²) >= 11 is 0. The van der Waals surface area contributed by atoms with Gasteiger partial charge < -0.3 is 19.3 Å². The number of hydrogen-bond donors (Lipinski definition) is 1. The largest absolute Gasteiger partial charge is 0.504 e. The monoisotopic (exact) mass is 226 g/mol. The van der Waals surface area contributed by atoms with Gasteiger partial charge in [-0.3, -0.25) is 4.79 Å². The van der Waals surface area contributed by atoms with Crippen LogP contribution in [0.3, 0.4) is 0 Å². The number of ether oxygens (including phenoxy) is 3. The normalized spacial score (nSPS) is 9.75. The second-order valence-corrected chi connectivity index (χ2v) is 3.09. The number of aromatic hydroxyl groups is 1. The van der Waals surface area contributed by atoms with Crippen LogP contribution in [0.4, 0.5) is 0 Å². The second kappa shape index (κ2) is 4.74. The van der Waals surface area contributed by atoms with Crippen LogP contribution in [0.25, 0.3) is 0 Å². The molecule has 1 aromatic carbocycles. The maximum Gasteiger partial charge on any atom is 0.175 e. The van der Waals surface area contributed by atoms with E-state index in [9.17, 15) is 9.90 Å². The van der Waals surface area contributed by atoms with E-state index in [0.717, 1.165) is 0 Å². The Labute approximate surface area is 93.6 Å². The van der Waals surface area contributed by atoms with Crippen LogP contribution in [0.2, 0.25) is 0 Å². The van der Waals surface area contributed by atoms with Gasteiger partial charge in [-0.1, -0.05) is 0 Å². The first kappa shape index (κ1) is 12.2. The van der Waals surface area contributed by atoms with Crippen LogP contribution in [0, 0.1) is 0 Å². The van der Waals surface area contributed by atoms with Crippen molar-refractivity contribution >= 4 is 5.78 Å². The molecule has 1 rings (SSSR count). The summed E-state index contributed by atoms with van der Waals surface area (Å²) in [6.45, 7) is 1.33. The minimum atomic E-state index is -0.327. The van der Waals surface area contributed by atoms with Gasteiger partial charge >= 0.3 is 0 Å². The van der Waals surface area contributed by atoms with E-state index in [-0.39, 0.29) is 28.6 Å². The van der Waals surface area contributed by atoms with Crippen LogP contribution in [0.5, 0.6) is 23.0 Å². The first-order valence-electron chi connectivity index (χ1n) is 4.59. The highest BCUT2D eigenvalue weighted by molar-refractivity contribution is 6.01. The lowest BCUT2D eigenvalue weighted by atomic mass is 10.1.